The number of hydrogen-bond donors (Lipinski definition) is 1. The Morgan fingerprint density at radius 2 is 1.82 bits per heavy atom. The summed E-state index contributed by atoms with van der Waals surface area (Å²) in [5.74, 6) is 0. The van der Waals surface area contributed by atoms with E-state index in [-0.39, 0.29) is 17.8 Å². The molecule has 0 unspecified atom stereocenters. The monoisotopic (exact) mass is 378 g/mol. The van der Waals surface area contributed by atoms with Gasteiger partial charge in [-0.05, 0) is 30.0 Å². The van der Waals surface area contributed by atoms with Crippen molar-refractivity contribution in [2.75, 3.05) is 0 Å². The van der Waals surface area contributed by atoms with Crippen LogP contribution in [-0.2, 0) is 20.1 Å². The molecule has 3 aromatic rings. The lowest BCUT2D eigenvalue weighted by molar-refractivity contribution is 0.372. The summed E-state index contributed by atoms with van der Waals surface area (Å²) in [6.45, 7) is 0.946. The van der Waals surface area contributed by atoms with Crippen LogP contribution in [0.15, 0.2) is 52.2 Å². The van der Waals surface area contributed by atoms with Gasteiger partial charge in [0.1, 0.15) is 5.65 Å². The van der Waals surface area contributed by atoms with Gasteiger partial charge in [0.15, 0.2) is 0 Å². The van der Waals surface area contributed by atoms with Crippen LogP contribution in [0.3, 0.4) is 0 Å². The third kappa shape index (κ3) is 3.78. The maximum atomic E-state index is 13.1. The predicted molar refractivity (Wildman–Crippen MR) is 111 cm³/mol. The third-order valence-corrected chi connectivity index (χ3v) is 5.62. The van der Waals surface area contributed by atoms with Crippen molar-refractivity contribution in [1.82, 2.24) is 19.4 Å². The highest BCUT2D eigenvalue weighted by Gasteiger charge is 2.15. The van der Waals surface area contributed by atoms with Crippen LogP contribution >= 0.6 is 0 Å². The molecular formula is C22H26N4O2. The largest absolute Gasteiger partial charge is 0.332 e. The van der Waals surface area contributed by atoms with Crippen LogP contribution < -0.4 is 16.6 Å². The molecule has 146 valence electrons. The molecule has 2 heterocycles. The number of rotatable bonds is 5. The van der Waals surface area contributed by atoms with Crippen LogP contribution in [0.4, 0.5) is 0 Å². The summed E-state index contributed by atoms with van der Waals surface area (Å²) in [6, 6.07) is 12.0. The standard InChI is InChI=1S/C22H26N4O2/c1-25-20-19(12-17(14-24-20)13-23-18-10-6-3-7-11-18)21(27)26(22(25)28)15-16-8-4-2-5-9-16/h2,4-5,8-9,12,14,18,23H,3,6-7,10-11,13,15H2,1H3. The molecule has 1 fully saturated rings. The number of nitrogens with one attached hydrogen (secondary N) is 1. The smallest absolute Gasteiger partial charge is 0.310 e. The summed E-state index contributed by atoms with van der Waals surface area (Å²) < 4.78 is 2.75. The van der Waals surface area contributed by atoms with Gasteiger partial charge in [0.05, 0.1) is 11.9 Å². The summed E-state index contributed by atoms with van der Waals surface area (Å²) in [4.78, 5) is 30.2. The predicted octanol–water partition coefficient (Wildman–Crippen LogP) is 2.57. The second-order valence-electron chi connectivity index (χ2n) is 7.65. The van der Waals surface area contributed by atoms with Crippen molar-refractivity contribution in [2.24, 2.45) is 7.05 Å². The fraction of sp³-hybridized carbons (Fsp3) is 0.409. The molecule has 1 aliphatic carbocycles. The second kappa shape index (κ2) is 8.10. The molecule has 0 spiro atoms. The molecule has 28 heavy (non-hydrogen) atoms. The van der Waals surface area contributed by atoms with E-state index in [9.17, 15) is 9.59 Å². The molecule has 0 bridgehead atoms. The van der Waals surface area contributed by atoms with Gasteiger partial charge in [-0.3, -0.25) is 13.9 Å². The molecule has 1 N–H and O–H groups in total. The first-order valence-electron chi connectivity index (χ1n) is 9.99. The van der Waals surface area contributed by atoms with Gasteiger partial charge in [-0.2, -0.15) is 0 Å². The zero-order valence-corrected chi connectivity index (χ0v) is 16.2. The van der Waals surface area contributed by atoms with Gasteiger partial charge in [0.25, 0.3) is 5.56 Å². The van der Waals surface area contributed by atoms with Crippen LogP contribution in [0.25, 0.3) is 11.0 Å². The highest BCUT2D eigenvalue weighted by atomic mass is 16.2. The van der Waals surface area contributed by atoms with E-state index in [1.807, 2.05) is 36.4 Å². The summed E-state index contributed by atoms with van der Waals surface area (Å²) in [6.07, 6.45) is 8.06. The number of fused-ring (bicyclic) bond motifs is 1. The Balaban J connectivity index is 1.67. The Hall–Kier alpha value is -2.73. The van der Waals surface area contributed by atoms with E-state index in [4.69, 9.17) is 0 Å². The highest BCUT2D eigenvalue weighted by Crippen LogP contribution is 2.18. The summed E-state index contributed by atoms with van der Waals surface area (Å²) >= 11 is 0. The average molecular weight is 378 g/mol. The molecule has 4 rings (SSSR count). The normalized spacial score (nSPS) is 15.2. The summed E-state index contributed by atoms with van der Waals surface area (Å²) in [7, 11) is 1.67. The minimum atomic E-state index is -0.345. The SMILES string of the molecule is Cn1c(=O)n(Cc2ccccc2)c(=O)c2cc(CNC3CCCCC3)cnc21. The topological polar surface area (TPSA) is 68.9 Å². The second-order valence-corrected chi connectivity index (χ2v) is 7.65. The molecule has 0 amide bonds. The molecule has 0 atom stereocenters. The number of benzene rings is 1. The molecule has 6 heteroatoms. The highest BCUT2D eigenvalue weighted by molar-refractivity contribution is 5.74. The minimum absolute atomic E-state index is 0.257. The summed E-state index contributed by atoms with van der Waals surface area (Å²) in [5.41, 5.74) is 1.70. The number of nitrogens with zero attached hydrogens (tertiary/aromatic N) is 3. The number of aryl methyl sites for hydroxylation is 1. The lowest BCUT2D eigenvalue weighted by Crippen LogP contribution is -2.39. The fourth-order valence-corrected chi connectivity index (χ4v) is 4.00. The van der Waals surface area contributed by atoms with Crippen molar-refractivity contribution in [1.29, 1.82) is 0 Å². The first-order chi connectivity index (χ1) is 13.6. The van der Waals surface area contributed by atoms with E-state index in [0.717, 1.165) is 11.1 Å². The molecule has 6 nitrogen and oxygen atoms in total. The quantitative estimate of drug-likeness (QED) is 0.741. The Bertz CT molecular complexity index is 1080. The molecule has 2 aromatic heterocycles. The van der Waals surface area contributed by atoms with Gasteiger partial charge in [0.2, 0.25) is 0 Å². The first kappa shape index (κ1) is 18.6. The van der Waals surface area contributed by atoms with Gasteiger partial charge < -0.3 is 5.32 Å². The number of hydrogen-bond acceptors (Lipinski definition) is 4. The van der Waals surface area contributed by atoms with E-state index in [2.05, 4.69) is 10.3 Å². The van der Waals surface area contributed by atoms with E-state index in [1.54, 1.807) is 13.2 Å². The molecule has 0 radical (unpaired) electrons. The average Bonchev–Trinajstić information content (AvgIpc) is 2.75. The van der Waals surface area contributed by atoms with Crippen LogP contribution in [0.2, 0.25) is 0 Å². The van der Waals surface area contributed by atoms with Crippen LogP contribution in [0.5, 0.6) is 0 Å². The van der Waals surface area contributed by atoms with E-state index < -0.39 is 0 Å². The summed E-state index contributed by atoms with van der Waals surface area (Å²) in [5, 5.41) is 4.07. The molecular weight excluding hydrogens is 352 g/mol. The van der Waals surface area contributed by atoms with Gasteiger partial charge in [0, 0.05) is 25.8 Å². The first-order valence-corrected chi connectivity index (χ1v) is 9.99. The van der Waals surface area contributed by atoms with E-state index >= 15 is 0 Å². The molecule has 0 aliphatic heterocycles. The lowest BCUT2D eigenvalue weighted by atomic mass is 9.95. The van der Waals surface area contributed by atoms with Gasteiger partial charge >= 0.3 is 5.69 Å². The van der Waals surface area contributed by atoms with Crippen molar-refractivity contribution in [3.63, 3.8) is 0 Å². The Morgan fingerprint density at radius 1 is 1.07 bits per heavy atom. The van der Waals surface area contributed by atoms with Crippen molar-refractivity contribution in [3.8, 4) is 0 Å². The molecule has 0 saturated heterocycles. The number of aromatic nitrogens is 3. The van der Waals surface area contributed by atoms with Gasteiger partial charge in [-0.25, -0.2) is 9.78 Å². The maximum Gasteiger partial charge on any atom is 0.332 e. The van der Waals surface area contributed by atoms with Crippen molar-refractivity contribution >= 4 is 11.0 Å². The zero-order chi connectivity index (χ0) is 19.5. The number of pyridine rings is 1. The van der Waals surface area contributed by atoms with Crippen molar-refractivity contribution in [2.45, 2.75) is 51.2 Å². The van der Waals surface area contributed by atoms with E-state index in [1.165, 1.54) is 41.2 Å². The Labute approximate surface area is 163 Å². The van der Waals surface area contributed by atoms with Crippen LogP contribution in [0, 0.1) is 0 Å². The van der Waals surface area contributed by atoms with Crippen molar-refractivity contribution < 1.29 is 0 Å². The third-order valence-electron chi connectivity index (χ3n) is 5.62. The minimum Gasteiger partial charge on any atom is -0.310 e. The Kier molecular flexibility index (Phi) is 5.39. The van der Waals surface area contributed by atoms with Crippen LogP contribution in [-0.4, -0.2) is 20.2 Å². The lowest BCUT2D eigenvalue weighted by Gasteiger charge is -2.22. The Morgan fingerprint density at radius 3 is 2.57 bits per heavy atom. The fourth-order valence-electron chi connectivity index (χ4n) is 4.00. The van der Waals surface area contributed by atoms with E-state index in [0.29, 0.717) is 23.6 Å². The molecule has 1 aromatic carbocycles. The van der Waals surface area contributed by atoms with Crippen LogP contribution in [0.1, 0.15) is 43.2 Å². The molecule has 1 aliphatic rings. The zero-order valence-electron chi connectivity index (χ0n) is 16.2. The van der Waals surface area contributed by atoms with Gasteiger partial charge in [-0.1, -0.05) is 49.6 Å². The molecule has 1 saturated carbocycles. The van der Waals surface area contributed by atoms with Gasteiger partial charge in [-0.15, -0.1) is 0 Å². The maximum absolute atomic E-state index is 13.1. The van der Waals surface area contributed by atoms with Crippen molar-refractivity contribution in [3.05, 3.63) is 74.6 Å².